The minimum absolute atomic E-state index is 0.144. The third-order valence-corrected chi connectivity index (χ3v) is 3.66. The lowest BCUT2D eigenvalue weighted by molar-refractivity contribution is 0.429. The molecule has 0 amide bonds. The molecule has 2 rings (SSSR count). The van der Waals surface area contributed by atoms with Crippen molar-refractivity contribution in [3.05, 3.63) is 28.9 Å². The molecular weight excluding hydrogens is 256 g/mol. The Hall–Kier alpha value is -1.33. The Morgan fingerprint density at radius 1 is 1.26 bits per heavy atom. The zero-order valence-electron chi connectivity index (χ0n) is 11.9. The fourth-order valence-corrected chi connectivity index (χ4v) is 2.61. The van der Waals surface area contributed by atoms with Gasteiger partial charge in [-0.1, -0.05) is 17.4 Å². The molecule has 5 heteroatoms. The van der Waals surface area contributed by atoms with E-state index < -0.39 is 0 Å². The first kappa shape index (κ1) is 14.1. The average molecular weight is 276 g/mol. The van der Waals surface area contributed by atoms with Crippen molar-refractivity contribution in [1.29, 1.82) is 0 Å². The number of hydrogen-bond acceptors (Lipinski definition) is 5. The van der Waals surface area contributed by atoms with Crippen LogP contribution in [0.1, 0.15) is 31.3 Å². The van der Waals surface area contributed by atoms with Crippen molar-refractivity contribution < 1.29 is 0 Å². The first-order valence-corrected chi connectivity index (χ1v) is 7.27. The minimum atomic E-state index is 0.144. The number of nitrogens with one attached hydrogen (secondary N) is 1. The Balaban J connectivity index is 2.02. The molecule has 0 saturated carbocycles. The summed E-state index contributed by atoms with van der Waals surface area (Å²) < 4.78 is 0. The summed E-state index contributed by atoms with van der Waals surface area (Å²) in [5.74, 6) is 0. The monoisotopic (exact) mass is 276 g/mol. The molecule has 4 nitrogen and oxygen atoms in total. The van der Waals surface area contributed by atoms with E-state index in [0.29, 0.717) is 0 Å². The number of aryl methyl sites for hydroxylation is 1. The third-order valence-electron chi connectivity index (χ3n) is 2.67. The summed E-state index contributed by atoms with van der Waals surface area (Å²) >= 11 is 1.63. The quantitative estimate of drug-likeness (QED) is 0.933. The first-order valence-electron chi connectivity index (χ1n) is 6.45. The van der Waals surface area contributed by atoms with Crippen molar-refractivity contribution in [3.8, 4) is 10.7 Å². The highest BCUT2D eigenvalue weighted by atomic mass is 32.1. The normalized spacial score (nSPS) is 11.8. The van der Waals surface area contributed by atoms with E-state index in [1.54, 1.807) is 17.5 Å². The van der Waals surface area contributed by atoms with Crippen LogP contribution in [0.4, 0.5) is 0 Å². The molecule has 19 heavy (non-hydrogen) atoms. The van der Waals surface area contributed by atoms with E-state index in [1.165, 1.54) is 0 Å². The maximum atomic E-state index is 4.37. The summed E-state index contributed by atoms with van der Waals surface area (Å²) in [6.45, 7) is 9.45. The second-order valence-electron chi connectivity index (χ2n) is 5.60. The summed E-state index contributed by atoms with van der Waals surface area (Å²) in [5.41, 5.74) is 2.22. The lowest BCUT2D eigenvalue weighted by atomic mass is 10.1. The minimum Gasteiger partial charge on any atom is -0.312 e. The Morgan fingerprint density at radius 3 is 2.74 bits per heavy atom. The van der Waals surface area contributed by atoms with Crippen LogP contribution in [0, 0.1) is 6.92 Å². The lowest BCUT2D eigenvalue weighted by Crippen LogP contribution is -2.37. The number of nitrogens with zero attached hydrogens (tertiary/aromatic N) is 3. The molecule has 0 aromatic carbocycles. The largest absolute Gasteiger partial charge is 0.312 e. The summed E-state index contributed by atoms with van der Waals surface area (Å²) in [5, 5.41) is 13.9. The van der Waals surface area contributed by atoms with Gasteiger partial charge in [-0.3, -0.25) is 4.98 Å². The Bertz CT molecular complexity index is 542. The molecule has 102 valence electrons. The molecule has 0 aliphatic carbocycles. The molecule has 2 heterocycles. The van der Waals surface area contributed by atoms with E-state index in [2.05, 4.69) is 41.3 Å². The second-order valence-corrected chi connectivity index (χ2v) is 6.66. The van der Waals surface area contributed by atoms with Crippen LogP contribution in [0.5, 0.6) is 0 Å². The van der Waals surface area contributed by atoms with E-state index in [4.69, 9.17) is 0 Å². The fourth-order valence-electron chi connectivity index (χ4n) is 1.70. The van der Waals surface area contributed by atoms with Crippen molar-refractivity contribution in [1.82, 2.24) is 20.5 Å². The molecule has 0 fully saturated rings. The maximum absolute atomic E-state index is 4.37. The third kappa shape index (κ3) is 4.08. The predicted molar refractivity (Wildman–Crippen MR) is 79.3 cm³/mol. The van der Waals surface area contributed by atoms with Crippen LogP contribution in [-0.2, 0) is 6.42 Å². The van der Waals surface area contributed by atoms with Crippen molar-refractivity contribution >= 4 is 11.3 Å². The van der Waals surface area contributed by atoms with Gasteiger partial charge in [-0.15, -0.1) is 10.2 Å². The van der Waals surface area contributed by atoms with Crippen molar-refractivity contribution in [2.75, 3.05) is 6.54 Å². The van der Waals surface area contributed by atoms with E-state index in [0.717, 1.165) is 34.2 Å². The average Bonchev–Trinajstić information content (AvgIpc) is 2.76. The zero-order valence-corrected chi connectivity index (χ0v) is 12.7. The fraction of sp³-hybridized carbons (Fsp3) is 0.500. The smallest absolute Gasteiger partial charge is 0.166 e. The van der Waals surface area contributed by atoms with Crippen LogP contribution >= 0.6 is 11.3 Å². The number of hydrogen-bond donors (Lipinski definition) is 1. The SMILES string of the molecule is Cc1cccnc1-c1nnc(CCNC(C)(C)C)s1. The second kappa shape index (κ2) is 5.75. The van der Waals surface area contributed by atoms with Crippen molar-refractivity contribution in [2.24, 2.45) is 0 Å². The van der Waals surface area contributed by atoms with Gasteiger partial charge >= 0.3 is 0 Å². The molecule has 2 aromatic heterocycles. The standard InChI is InChI=1S/C14H20N4S/c1-10-6-5-8-15-12(10)13-18-17-11(19-13)7-9-16-14(2,3)4/h5-6,8,16H,7,9H2,1-4H3. The first-order chi connectivity index (χ1) is 8.96. The number of aromatic nitrogens is 3. The molecule has 0 atom stereocenters. The van der Waals surface area contributed by atoms with Gasteiger partial charge in [0.05, 0.1) is 0 Å². The summed E-state index contributed by atoms with van der Waals surface area (Å²) in [6.07, 6.45) is 2.70. The molecule has 0 aliphatic rings. The highest BCUT2D eigenvalue weighted by molar-refractivity contribution is 7.14. The van der Waals surface area contributed by atoms with Gasteiger partial charge in [-0.05, 0) is 39.3 Å². The molecule has 2 aromatic rings. The van der Waals surface area contributed by atoms with E-state index >= 15 is 0 Å². The van der Waals surface area contributed by atoms with Crippen LogP contribution in [0.2, 0.25) is 0 Å². The van der Waals surface area contributed by atoms with Crippen LogP contribution < -0.4 is 5.32 Å². The van der Waals surface area contributed by atoms with Gasteiger partial charge in [-0.2, -0.15) is 0 Å². The molecule has 0 saturated heterocycles. The van der Waals surface area contributed by atoms with Crippen molar-refractivity contribution in [3.63, 3.8) is 0 Å². The lowest BCUT2D eigenvalue weighted by Gasteiger charge is -2.19. The molecule has 0 radical (unpaired) electrons. The van der Waals surface area contributed by atoms with Crippen molar-refractivity contribution in [2.45, 2.75) is 39.7 Å². The Labute approximate surface area is 118 Å². The zero-order chi connectivity index (χ0) is 13.9. The van der Waals surface area contributed by atoms with Crippen LogP contribution in [0.15, 0.2) is 18.3 Å². The topological polar surface area (TPSA) is 50.7 Å². The maximum Gasteiger partial charge on any atom is 0.166 e. The van der Waals surface area contributed by atoms with E-state index in [9.17, 15) is 0 Å². The number of pyridine rings is 1. The van der Waals surface area contributed by atoms with Gasteiger partial charge in [0.15, 0.2) is 5.01 Å². The number of rotatable bonds is 4. The molecular formula is C14H20N4S. The Kier molecular flexibility index (Phi) is 4.27. The van der Waals surface area contributed by atoms with Crippen LogP contribution in [-0.4, -0.2) is 27.3 Å². The summed E-state index contributed by atoms with van der Waals surface area (Å²) in [7, 11) is 0. The van der Waals surface area contributed by atoms with Gasteiger partial charge in [0.2, 0.25) is 0 Å². The highest BCUT2D eigenvalue weighted by Crippen LogP contribution is 2.24. The molecule has 1 N–H and O–H groups in total. The van der Waals surface area contributed by atoms with Gasteiger partial charge in [0.1, 0.15) is 10.7 Å². The van der Waals surface area contributed by atoms with E-state index in [-0.39, 0.29) is 5.54 Å². The van der Waals surface area contributed by atoms with Crippen LogP contribution in [0.25, 0.3) is 10.7 Å². The van der Waals surface area contributed by atoms with Gasteiger partial charge < -0.3 is 5.32 Å². The Morgan fingerprint density at radius 2 is 2.05 bits per heavy atom. The summed E-state index contributed by atoms with van der Waals surface area (Å²) in [6, 6.07) is 3.98. The predicted octanol–water partition coefficient (Wildman–Crippen LogP) is 2.84. The molecule has 0 aliphatic heterocycles. The van der Waals surface area contributed by atoms with Gasteiger partial charge in [0, 0.05) is 24.7 Å². The molecule has 0 unspecified atom stereocenters. The van der Waals surface area contributed by atoms with Gasteiger partial charge in [-0.25, -0.2) is 0 Å². The highest BCUT2D eigenvalue weighted by Gasteiger charge is 2.12. The molecule has 0 spiro atoms. The van der Waals surface area contributed by atoms with E-state index in [1.807, 2.05) is 19.1 Å². The summed E-state index contributed by atoms with van der Waals surface area (Å²) in [4.78, 5) is 4.37. The molecule has 0 bridgehead atoms. The van der Waals surface area contributed by atoms with Gasteiger partial charge in [0.25, 0.3) is 0 Å². The van der Waals surface area contributed by atoms with Crippen LogP contribution in [0.3, 0.4) is 0 Å².